The molecule has 1 heteroatoms. The smallest absolute Gasteiger partial charge is 0.00682 e. The van der Waals surface area contributed by atoms with Gasteiger partial charge < -0.3 is 5.32 Å². The fourth-order valence-corrected chi connectivity index (χ4v) is 2.17. The predicted octanol–water partition coefficient (Wildman–Crippen LogP) is 4.06. The first-order chi connectivity index (χ1) is 8.16. The van der Waals surface area contributed by atoms with Gasteiger partial charge in [0.2, 0.25) is 0 Å². The zero-order chi connectivity index (χ0) is 12.3. The van der Waals surface area contributed by atoms with Gasteiger partial charge in [-0.1, -0.05) is 45.0 Å². The second-order valence-electron chi connectivity index (χ2n) is 5.74. The van der Waals surface area contributed by atoms with Crippen LogP contribution in [0, 0.1) is 0 Å². The van der Waals surface area contributed by atoms with Gasteiger partial charge in [0, 0.05) is 6.04 Å². The van der Waals surface area contributed by atoms with Gasteiger partial charge in [-0.15, -0.1) is 0 Å². The van der Waals surface area contributed by atoms with Crippen LogP contribution in [0.1, 0.15) is 63.0 Å². The number of hydrogen-bond acceptors (Lipinski definition) is 1. The first-order valence-corrected chi connectivity index (χ1v) is 7.00. The van der Waals surface area contributed by atoms with Crippen LogP contribution in [-0.4, -0.2) is 12.6 Å². The third-order valence-corrected chi connectivity index (χ3v) is 3.76. The molecular weight excluding hydrogens is 206 g/mol. The second-order valence-corrected chi connectivity index (χ2v) is 5.74. The van der Waals surface area contributed by atoms with E-state index < -0.39 is 0 Å². The summed E-state index contributed by atoms with van der Waals surface area (Å²) in [5.41, 5.74) is 2.92. The number of hydrogen-bond donors (Lipinski definition) is 1. The molecule has 1 aromatic rings. The molecule has 1 fully saturated rings. The van der Waals surface area contributed by atoms with Gasteiger partial charge in [-0.25, -0.2) is 0 Å². The molecule has 0 heterocycles. The van der Waals surface area contributed by atoms with Crippen molar-refractivity contribution in [3.05, 3.63) is 35.4 Å². The maximum atomic E-state index is 3.59. The van der Waals surface area contributed by atoms with E-state index in [0.29, 0.717) is 11.8 Å². The average molecular weight is 231 g/mol. The molecule has 2 rings (SSSR count). The topological polar surface area (TPSA) is 12.0 Å². The van der Waals surface area contributed by atoms with E-state index in [1.807, 2.05) is 0 Å². The van der Waals surface area contributed by atoms with E-state index in [2.05, 4.69) is 50.4 Å². The van der Waals surface area contributed by atoms with Crippen molar-refractivity contribution in [2.24, 2.45) is 0 Å². The van der Waals surface area contributed by atoms with Gasteiger partial charge >= 0.3 is 0 Å². The van der Waals surface area contributed by atoms with Crippen molar-refractivity contribution in [3.8, 4) is 0 Å². The summed E-state index contributed by atoms with van der Waals surface area (Å²) in [6.07, 6.45) is 4.02. The molecular formula is C16H25N. The van der Waals surface area contributed by atoms with E-state index in [1.54, 1.807) is 0 Å². The lowest BCUT2D eigenvalue weighted by Crippen LogP contribution is -2.18. The Kier molecular flexibility index (Phi) is 4.22. The molecule has 0 amide bonds. The minimum atomic E-state index is 0.635. The maximum absolute atomic E-state index is 3.59. The molecule has 1 nitrogen and oxygen atoms in total. The highest BCUT2D eigenvalue weighted by Crippen LogP contribution is 2.23. The van der Waals surface area contributed by atoms with Gasteiger partial charge in [-0.3, -0.25) is 0 Å². The van der Waals surface area contributed by atoms with Crippen molar-refractivity contribution in [3.63, 3.8) is 0 Å². The average Bonchev–Trinajstić information content (AvgIpc) is 3.13. The Hall–Kier alpha value is -0.820. The molecule has 0 radical (unpaired) electrons. The number of rotatable bonds is 6. The van der Waals surface area contributed by atoms with Gasteiger partial charge in [0.05, 0.1) is 0 Å². The molecule has 17 heavy (non-hydrogen) atoms. The largest absolute Gasteiger partial charge is 0.314 e. The lowest BCUT2D eigenvalue weighted by atomic mass is 9.94. The second kappa shape index (κ2) is 5.68. The highest BCUT2D eigenvalue weighted by molar-refractivity contribution is 5.26. The lowest BCUT2D eigenvalue weighted by Gasteiger charge is -2.14. The van der Waals surface area contributed by atoms with E-state index in [-0.39, 0.29) is 0 Å². The number of nitrogens with one attached hydrogen (secondary N) is 1. The highest BCUT2D eigenvalue weighted by atomic mass is 14.9. The highest BCUT2D eigenvalue weighted by Gasteiger charge is 2.20. The third kappa shape index (κ3) is 3.85. The Balaban J connectivity index is 1.82. The van der Waals surface area contributed by atoms with Gasteiger partial charge in [0.1, 0.15) is 0 Å². The SMILES string of the molecule is CC(C)c1ccc(C(C)CCNC2CC2)cc1. The quantitative estimate of drug-likeness (QED) is 0.778. The van der Waals surface area contributed by atoms with Gasteiger partial charge in [0.15, 0.2) is 0 Å². The summed E-state index contributed by atoms with van der Waals surface area (Å²) in [6, 6.07) is 10.0. The van der Waals surface area contributed by atoms with Crippen LogP contribution in [0.4, 0.5) is 0 Å². The van der Waals surface area contributed by atoms with Gasteiger partial charge in [-0.05, 0) is 48.8 Å². The monoisotopic (exact) mass is 231 g/mol. The van der Waals surface area contributed by atoms with Gasteiger partial charge in [-0.2, -0.15) is 0 Å². The van der Waals surface area contributed by atoms with Crippen LogP contribution < -0.4 is 5.32 Å². The molecule has 94 valence electrons. The number of benzene rings is 1. The van der Waals surface area contributed by atoms with E-state index >= 15 is 0 Å². The van der Waals surface area contributed by atoms with Crippen molar-refractivity contribution in [2.75, 3.05) is 6.54 Å². The van der Waals surface area contributed by atoms with Crippen molar-refractivity contribution < 1.29 is 0 Å². The molecule has 1 aliphatic rings. The van der Waals surface area contributed by atoms with Crippen LogP contribution in [-0.2, 0) is 0 Å². The standard InChI is InChI=1S/C16H25N/c1-12(2)14-4-6-15(7-5-14)13(3)10-11-17-16-8-9-16/h4-7,12-13,16-17H,8-11H2,1-3H3. The van der Waals surface area contributed by atoms with Crippen LogP contribution in [0.3, 0.4) is 0 Å². The summed E-state index contributed by atoms with van der Waals surface area (Å²) in [6.45, 7) is 7.99. The van der Waals surface area contributed by atoms with Crippen LogP contribution in [0.15, 0.2) is 24.3 Å². The Morgan fingerprint density at radius 1 is 1.06 bits per heavy atom. The Morgan fingerprint density at radius 3 is 2.18 bits per heavy atom. The molecule has 0 bridgehead atoms. The fraction of sp³-hybridized carbons (Fsp3) is 0.625. The predicted molar refractivity (Wildman–Crippen MR) is 74.6 cm³/mol. The first-order valence-electron chi connectivity index (χ1n) is 7.00. The summed E-state index contributed by atoms with van der Waals surface area (Å²) in [5, 5.41) is 3.59. The van der Waals surface area contributed by atoms with Crippen molar-refractivity contribution in [1.82, 2.24) is 5.32 Å². The van der Waals surface area contributed by atoms with E-state index in [4.69, 9.17) is 0 Å². The first kappa shape index (κ1) is 12.6. The summed E-state index contributed by atoms with van der Waals surface area (Å²) in [4.78, 5) is 0. The molecule has 0 saturated heterocycles. The summed E-state index contributed by atoms with van der Waals surface area (Å²) < 4.78 is 0. The zero-order valence-corrected chi connectivity index (χ0v) is 11.4. The zero-order valence-electron chi connectivity index (χ0n) is 11.4. The molecule has 0 aromatic heterocycles. The van der Waals surface area contributed by atoms with Crippen molar-refractivity contribution >= 4 is 0 Å². The van der Waals surface area contributed by atoms with Crippen molar-refractivity contribution in [2.45, 2.75) is 57.9 Å². The van der Waals surface area contributed by atoms with Crippen molar-refractivity contribution in [1.29, 1.82) is 0 Å². The molecule has 1 saturated carbocycles. The molecule has 0 spiro atoms. The molecule has 1 N–H and O–H groups in total. The summed E-state index contributed by atoms with van der Waals surface area (Å²) in [7, 11) is 0. The molecule has 1 atom stereocenters. The Bertz CT molecular complexity index is 335. The fourth-order valence-electron chi connectivity index (χ4n) is 2.17. The normalized spacial score (nSPS) is 17.4. The third-order valence-electron chi connectivity index (χ3n) is 3.76. The summed E-state index contributed by atoms with van der Waals surface area (Å²) in [5.74, 6) is 1.30. The Labute approximate surface area is 106 Å². The van der Waals surface area contributed by atoms with E-state index in [0.717, 1.165) is 12.6 Å². The van der Waals surface area contributed by atoms with Crippen LogP contribution in [0.5, 0.6) is 0 Å². The molecule has 0 aliphatic heterocycles. The molecule has 1 aliphatic carbocycles. The molecule has 1 aromatic carbocycles. The molecule has 1 unspecified atom stereocenters. The van der Waals surface area contributed by atoms with E-state index in [9.17, 15) is 0 Å². The van der Waals surface area contributed by atoms with Crippen LogP contribution in [0.2, 0.25) is 0 Å². The minimum Gasteiger partial charge on any atom is -0.314 e. The van der Waals surface area contributed by atoms with Gasteiger partial charge in [0.25, 0.3) is 0 Å². The Morgan fingerprint density at radius 2 is 1.65 bits per heavy atom. The summed E-state index contributed by atoms with van der Waals surface area (Å²) >= 11 is 0. The van der Waals surface area contributed by atoms with Crippen LogP contribution in [0.25, 0.3) is 0 Å². The maximum Gasteiger partial charge on any atom is 0.00682 e. The van der Waals surface area contributed by atoms with E-state index in [1.165, 1.54) is 30.4 Å². The lowest BCUT2D eigenvalue weighted by molar-refractivity contribution is 0.592. The minimum absolute atomic E-state index is 0.635. The van der Waals surface area contributed by atoms with Crippen LogP contribution >= 0.6 is 0 Å².